The summed E-state index contributed by atoms with van der Waals surface area (Å²) in [6, 6.07) is 13.0. The maximum atomic E-state index is 13.3. The van der Waals surface area contributed by atoms with Crippen molar-refractivity contribution in [1.82, 2.24) is 5.32 Å². The second-order valence-electron chi connectivity index (χ2n) is 5.63. The highest BCUT2D eigenvalue weighted by Crippen LogP contribution is 2.38. The first-order chi connectivity index (χ1) is 11.4. The van der Waals surface area contributed by atoms with Crippen LogP contribution in [-0.4, -0.2) is 26.2 Å². The number of benzene rings is 2. The normalized spacial score (nSPS) is 20.2. The Bertz CT molecular complexity index is 876. The molecule has 7 heteroatoms. The molecule has 24 heavy (non-hydrogen) atoms. The van der Waals surface area contributed by atoms with Crippen LogP contribution in [0.4, 0.5) is 4.79 Å². The van der Waals surface area contributed by atoms with E-state index in [2.05, 4.69) is 5.32 Å². The van der Waals surface area contributed by atoms with Crippen LogP contribution in [0.3, 0.4) is 0 Å². The number of rotatable bonds is 3. The molecule has 2 aromatic carbocycles. The predicted molar refractivity (Wildman–Crippen MR) is 87.3 cm³/mol. The summed E-state index contributed by atoms with van der Waals surface area (Å²) < 4.78 is 31.5. The van der Waals surface area contributed by atoms with E-state index in [0.29, 0.717) is 12.0 Å². The lowest BCUT2D eigenvalue weighted by Gasteiger charge is -2.37. The minimum Gasteiger partial charge on any atom is -0.450 e. The summed E-state index contributed by atoms with van der Waals surface area (Å²) in [7, 11) is -4.16. The average molecular weight is 347 g/mol. The van der Waals surface area contributed by atoms with Gasteiger partial charge in [-0.15, -0.1) is 0 Å². The summed E-state index contributed by atoms with van der Waals surface area (Å²) in [5, 5.41) is 9.82. The van der Waals surface area contributed by atoms with E-state index in [1.807, 2.05) is 6.92 Å². The number of hydrogen-bond donors (Lipinski definition) is 2. The van der Waals surface area contributed by atoms with Gasteiger partial charge in [0.1, 0.15) is 0 Å². The second kappa shape index (κ2) is 5.92. The molecule has 126 valence electrons. The van der Waals surface area contributed by atoms with E-state index in [1.165, 1.54) is 12.1 Å². The fraction of sp³-hybridized carbons (Fsp3) is 0.235. The molecule has 3 rings (SSSR count). The van der Waals surface area contributed by atoms with E-state index in [4.69, 9.17) is 4.74 Å². The third kappa shape index (κ3) is 2.55. The average Bonchev–Trinajstić information content (AvgIpc) is 2.55. The zero-order valence-electron chi connectivity index (χ0n) is 13.0. The van der Waals surface area contributed by atoms with Crippen molar-refractivity contribution in [3.8, 4) is 0 Å². The first-order valence-electron chi connectivity index (χ1n) is 7.43. The van der Waals surface area contributed by atoms with Crippen molar-refractivity contribution >= 4 is 16.0 Å². The highest BCUT2D eigenvalue weighted by atomic mass is 32.2. The number of ether oxygens (including phenoxy) is 1. The number of sulfone groups is 1. The molecule has 0 fully saturated rings. The molecule has 1 unspecified atom stereocenters. The predicted octanol–water partition coefficient (Wildman–Crippen LogP) is 2.42. The van der Waals surface area contributed by atoms with Gasteiger partial charge in [0.25, 0.3) is 0 Å². The number of hydrogen-bond acceptors (Lipinski definition) is 5. The van der Waals surface area contributed by atoms with Crippen molar-refractivity contribution in [1.29, 1.82) is 0 Å². The molecule has 1 heterocycles. The Balaban J connectivity index is 2.25. The maximum Gasteiger partial charge on any atom is 0.508 e. The summed E-state index contributed by atoms with van der Waals surface area (Å²) >= 11 is 0. The van der Waals surface area contributed by atoms with E-state index in [1.54, 1.807) is 36.4 Å². The van der Waals surface area contributed by atoms with Gasteiger partial charge in [-0.25, -0.2) is 13.2 Å². The van der Waals surface area contributed by atoms with Gasteiger partial charge in [0.15, 0.2) is 0 Å². The third-order valence-electron chi connectivity index (χ3n) is 4.06. The Morgan fingerprint density at radius 1 is 1.17 bits per heavy atom. The quantitative estimate of drug-likeness (QED) is 0.829. The smallest absolute Gasteiger partial charge is 0.450 e. The number of aryl methyl sites for hydroxylation is 1. The fourth-order valence-corrected chi connectivity index (χ4v) is 4.70. The highest BCUT2D eigenvalue weighted by Gasteiger charge is 2.52. The molecule has 2 aromatic rings. The van der Waals surface area contributed by atoms with Crippen LogP contribution in [0.15, 0.2) is 53.4 Å². The van der Waals surface area contributed by atoms with Gasteiger partial charge in [-0.05, 0) is 31.0 Å². The first-order valence-corrected chi connectivity index (χ1v) is 8.92. The van der Waals surface area contributed by atoms with E-state index >= 15 is 0 Å². The summed E-state index contributed by atoms with van der Waals surface area (Å²) in [5.74, 6) is 0. The molecule has 0 saturated carbocycles. The van der Waals surface area contributed by atoms with E-state index in [-0.39, 0.29) is 11.4 Å². The summed E-state index contributed by atoms with van der Waals surface area (Å²) in [6.45, 7) is 2.13. The minimum absolute atomic E-state index is 0.00134. The molecule has 2 N–H and O–H groups in total. The third-order valence-corrected chi connectivity index (χ3v) is 6.16. The number of nitrogens with one attached hydrogen (secondary N) is 1. The van der Waals surface area contributed by atoms with Crippen LogP contribution >= 0.6 is 0 Å². The van der Waals surface area contributed by atoms with Gasteiger partial charge in [-0.3, -0.25) is 5.32 Å². The first kappa shape index (κ1) is 16.5. The second-order valence-corrected chi connectivity index (χ2v) is 7.69. The van der Waals surface area contributed by atoms with Crippen LogP contribution in [0.1, 0.15) is 16.7 Å². The number of fused-ring (bicyclic) bond motifs is 1. The van der Waals surface area contributed by atoms with Crippen LogP contribution in [0.5, 0.6) is 0 Å². The van der Waals surface area contributed by atoms with Crippen LogP contribution in [0.2, 0.25) is 0 Å². The molecule has 0 spiro atoms. The Hall–Kier alpha value is -2.38. The van der Waals surface area contributed by atoms with E-state index in [0.717, 1.165) is 11.1 Å². The molecule has 6 nitrogen and oxygen atoms in total. The zero-order chi connectivity index (χ0) is 17.4. The van der Waals surface area contributed by atoms with E-state index < -0.39 is 21.0 Å². The van der Waals surface area contributed by atoms with Gasteiger partial charge < -0.3 is 9.84 Å². The van der Waals surface area contributed by atoms with Gasteiger partial charge in [-0.1, -0.05) is 42.0 Å². The standard InChI is InChI=1S/C17H17NO5S/c1-12-6-8-14(9-7-12)24(21,22)17(23-16(19)20)15-5-3-2-4-13(15)10-11-18-17/h2-9,18H,10-11H2,1H3,(H,19,20). The highest BCUT2D eigenvalue weighted by molar-refractivity contribution is 7.92. The molecule has 1 aliphatic rings. The van der Waals surface area contributed by atoms with Gasteiger partial charge >= 0.3 is 11.2 Å². The number of carboxylic acid groups (broad SMARTS) is 1. The lowest BCUT2D eigenvalue weighted by molar-refractivity contribution is 0.00480. The molecule has 1 aliphatic heterocycles. The largest absolute Gasteiger partial charge is 0.508 e. The van der Waals surface area contributed by atoms with Crippen molar-refractivity contribution in [3.63, 3.8) is 0 Å². The molecular formula is C17H17NO5S. The molecule has 0 bridgehead atoms. The topological polar surface area (TPSA) is 92.7 Å². The van der Waals surface area contributed by atoms with E-state index in [9.17, 15) is 18.3 Å². The number of carbonyl (C=O) groups is 1. The van der Waals surface area contributed by atoms with Crippen LogP contribution in [0.25, 0.3) is 0 Å². The van der Waals surface area contributed by atoms with Crippen molar-refractivity contribution in [2.24, 2.45) is 0 Å². The van der Waals surface area contributed by atoms with Gasteiger partial charge in [0, 0.05) is 12.1 Å². The molecule has 0 radical (unpaired) electrons. The van der Waals surface area contributed by atoms with Gasteiger partial charge in [-0.2, -0.15) is 0 Å². The lowest BCUT2D eigenvalue weighted by atomic mass is 9.99. The summed E-state index contributed by atoms with van der Waals surface area (Å²) in [6.07, 6.45) is -1.07. The van der Waals surface area contributed by atoms with Crippen LogP contribution in [0, 0.1) is 6.92 Å². The Kier molecular flexibility index (Phi) is 4.06. The van der Waals surface area contributed by atoms with Crippen molar-refractivity contribution < 1.29 is 23.1 Å². The maximum absolute atomic E-state index is 13.3. The van der Waals surface area contributed by atoms with Gasteiger partial charge in [0.2, 0.25) is 9.84 Å². The monoisotopic (exact) mass is 347 g/mol. The van der Waals surface area contributed by atoms with Crippen molar-refractivity contribution in [2.75, 3.05) is 6.54 Å². The van der Waals surface area contributed by atoms with Crippen LogP contribution in [-0.2, 0) is 26.1 Å². The Morgan fingerprint density at radius 3 is 2.50 bits per heavy atom. The Labute approximate surface area is 140 Å². The molecule has 0 aliphatic carbocycles. The summed E-state index contributed by atoms with van der Waals surface area (Å²) in [4.78, 5) is 11.3. The molecule has 0 aromatic heterocycles. The summed E-state index contributed by atoms with van der Waals surface area (Å²) in [5.41, 5.74) is 1.95. The molecular weight excluding hydrogens is 330 g/mol. The molecule has 1 atom stereocenters. The van der Waals surface area contributed by atoms with Crippen molar-refractivity contribution in [2.45, 2.75) is 23.3 Å². The van der Waals surface area contributed by atoms with Crippen LogP contribution < -0.4 is 5.32 Å². The molecule has 0 saturated heterocycles. The molecule has 0 amide bonds. The van der Waals surface area contributed by atoms with Crippen molar-refractivity contribution in [3.05, 3.63) is 65.2 Å². The zero-order valence-corrected chi connectivity index (χ0v) is 13.8. The SMILES string of the molecule is Cc1ccc(S(=O)(=O)C2(OC(=O)O)NCCc3ccccc32)cc1. The van der Waals surface area contributed by atoms with Gasteiger partial charge in [0.05, 0.1) is 4.90 Å². The minimum atomic E-state index is -4.16. The fourth-order valence-electron chi connectivity index (χ4n) is 2.91. The Morgan fingerprint density at radius 2 is 1.83 bits per heavy atom. The lowest BCUT2D eigenvalue weighted by Crippen LogP contribution is -2.55.